The van der Waals surface area contributed by atoms with Crippen LogP contribution in [0.15, 0.2) is 36.4 Å². The molecule has 4 nitrogen and oxygen atoms in total. The minimum absolute atomic E-state index is 0.662. The molecular formula is C21H21Cl2N3O. The fourth-order valence-electron chi connectivity index (χ4n) is 3.58. The van der Waals surface area contributed by atoms with Crippen LogP contribution in [0.25, 0.3) is 16.9 Å². The van der Waals surface area contributed by atoms with Gasteiger partial charge in [-0.15, -0.1) is 0 Å². The number of anilines is 1. The maximum absolute atomic E-state index is 6.37. The first-order chi connectivity index (χ1) is 13.1. The van der Waals surface area contributed by atoms with Gasteiger partial charge >= 0.3 is 0 Å². The fourth-order valence-corrected chi connectivity index (χ4v) is 3.93. The quantitative estimate of drug-likeness (QED) is 0.592. The minimum Gasteiger partial charge on any atom is -0.496 e. The molecule has 0 spiro atoms. The van der Waals surface area contributed by atoms with E-state index >= 15 is 0 Å². The average molecular weight is 402 g/mol. The predicted octanol–water partition coefficient (Wildman–Crippen LogP) is 5.91. The number of hydrogen-bond donors (Lipinski definition) is 1. The number of methoxy groups -OCH3 is 1. The lowest BCUT2D eigenvalue weighted by Gasteiger charge is -2.12. The van der Waals surface area contributed by atoms with Gasteiger partial charge in [0.25, 0.3) is 0 Å². The summed E-state index contributed by atoms with van der Waals surface area (Å²) in [5.74, 6) is 1.79. The van der Waals surface area contributed by atoms with Crippen molar-refractivity contribution in [3.8, 4) is 22.7 Å². The van der Waals surface area contributed by atoms with Gasteiger partial charge < -0.3 is 10.1 Å². The third kappa shape index (κ3) is 3.28. The first kappa shape index (κ1) is 18.2. The highest BCUT2D eigenvalue weighted by atomic mass is 35.5. The molecule has 1 aliphatic heterocycles. The molecule has 0 saturated heterocycles. The van der Waals surface area contributed by atoms with E-state index in [4.69, 9.17) is 33.0 Å². The van der Waals surface area contributed by atoms with Gasteiger partial charge in [-0.3, -0.25) is 0 Å². The lowest BCUT2D eigenvalue weighted by molar-refractivity contribution is 0.416. The molecule has 4 rings (SSSR count). The summed E-state index contributed by atoms with van der Waals surface area (Å²) in [5.41, 5.74) is 4.97. The Morgan fingerprint density at radius 1 is 1.15 bits per heavy atom. The highest BCUT2D eigenvalue weighted by Gasteiger charge is 2.24. The van der Waals surface area contributed by atoms with E-state index in [1.165, 1.54) is 5.56 Å². The topological polar surface area (TPSA) is 39.1 Å². The van der Waals surface area contributed by atoms with Crippen LogP contribution in [0.5, 0.6) is 5.75 Å². The molecule has 0 radical (unpaired) electrons. The van der Waals surface area contributed by atoms with Gasteiger partial charge in [-0.25, -0.2) is 4.68 Å². The largest absolute Gasteiger partial charge is 0.496 e. The average Bonchev–Trinajstić information content (AvgIpc) is 2.85. The van der Waals surface area contributed by atoms with Crippen molar-refractivity contribution in [3.05, 3.63) is 57.6 Å². The number of nitrogens with zero attached hydrogens (tertiary/aromatic N) is 2. The molecule has 27 heavy (non-hydrogen) atoms. The second-order valence-electron chi connectivity index (χ2n) is 6.70. The van der Waals surface area contributed by atoms with Gasteiger partial charge in [0.05, 0.1) is 12.8 Å². The molecule has 1 aromatic heterocycles. The fraction of sp³-hybridized carbons (Fsp3) is 0.286. The number of halogens is 2. The molecule has 2 heterocycles. The number of aromatic nitrogens is 2. The molecule has 2 aromatic carbocycles. The maximum atomic E-state index is 6.37. The van der Waals surface area contributed by atoms with Crippen LogP contribution in [-0.2, 0) is 6.42 Å². The summed E-state index contributed by atoms with van der Waals surface area (Å²) in [7, 11) is 1.67. The molecule has 0 aliphatic carbocycles. The van der Waals surface area contributed by atoms with Gasteiger partial charge in [0.2, 0.25) is 0 Å². The summed E-state index contributed by atoms with van der Waals surface area (Å²) in [6.07, 6.45) is 3.18. The number of fused-ring (bicyclic) bond motifs is 1. The van der Waals surface area contributed by atoms with E-state index in [2.05, 4.69) is 5.32 Å². The van der Waals surface area contributed by atoms with Crippen molar-refractivity contribution in [2.75, 3.05) is 19.0 Å². The lowest BCUT2D eigenvalue weighted by atomic mass is 10.0. The van der Waals surface area contributed by atoms with Crippen LogP contribution in [0.3, 0.4) is 0 Å². The van der Waals surface area contributed by atoms with Crippen LogP contribution in [0.1, 0.15) is 24.0 Å². The maximum Gasteiger partial charge on any atom is 0.133 e. The summed E-state index contributed by atoms with van der Waals surface area (Å²) in [4.78, 5) is 0. The molecule has 140 valence electrons. The molecule has 1 N–H and O–H groups in total. The molecule has 3 aromatic rings. The van der Waals surface area contributed by atoms with E-state index in [0.29, 0.717) is 5.02 Å². The lowest BCUT2D eigenvalue weighted by Crippen LogP contribution is -2.08. The third-order valence-corrected chi connectivity index (χ3v) is 5.66. The van der Waals surface area contributed by atoms with Crippen LogP contribution in [0.4, 0.5) is 5.82 Å². The van der Waals surface area contributed by atoms with Gasteiger partial charge in [0.15, 0.2) is 0 Å². The molecular weight excluding hydrogens is 381 g/mol. The highest BCUT2D eigenvalue weighted by molar-refractivity contribution is 6.31. The summed E-state index contributed by atoms with van der Waals surface area (Å²) >= 11 is 12.7. The standard InChI is InChI=1S/C21H21Cl2N3O/c1-13-17(23)7-5-8-18(13)26-21-15(6-3-4-11-24-21)20(25-26)16-12-14(22)9-10-19(16)27-2/h5,7-10,12,24H,3-4,6,11H2,1-2H3. The van der Waals surface area contributed by atoms with Crippen molar-refractivity contribution in [1.82, 2.24) is 9.78 Å². The molecule has 0 fully saturated rings. The van der Waals surface area contributed by atoms with Crippen molar-refractivity contribution in [1.29, 1.82) is 0 Å². The Labute approximate surface area is 169 Å². The zero-order chi connectivity index (χ0) is 19.0. The number of rotatable bonds is 3. The zero-order valence-corrected chi connectivity index (χ0v) is 16.9. The van der Waals surface area contributed by atoms with E-state index in [1.54, 1.807) is 7.11 Å². The summed E-state index contributed by atoms with van der Waals surface area (Å²) < 4.78 is 7.56. The van der Waals surface area contributed by atoms with Crippen molar-refractivity contribution < 1.29 is 4.74 Å². The monoisotopic (exact) mass is 401 g/mol. The van der Waals surface area contributed by atoms with E-state index in [-0.39, 0.29) is 0 Å². The van der Waals surface area contributed by atoms with Crippen LogP contribution in [-0.4, -0.2) is 23.4 Å². The second-order valence-corrected chi connectivity index (χ2v) is 7.54. The van der Waals surface area contributed by atoms with Crippen molar-refractivity contribution >= 4 is 29.0 Å². The molecule has 0 amide bonds. The Bertz CT molecular complexity index is 997. The Morgan fingerprint density at radius 2 is 2.00 bits per heavy atom. The Morgan fingerprint density at radius 3 is 2.81 bits per heavy atom. The molecule has 6 heteroatoms. The highest BCUT2D eigenvalue weighted by Crippen LogP contribution is 2.39. The predicted molar refractivity (Wildman–Crippen MR) is 112 cm³/mol. The van der Waals surface area contributed by atoms with Crippen molar-refractivity contribution in [3.63, 3.8) is 0 Å². The number of benzene rings is 2. The SMILES string of the molecule is COc1ccc(Cl)cc1-c1nn(-c2cccc(Cl)c2C)c2c1CCCCN2. The van der Waals surface area contributed by atoms with Crippen LogP contribution in [0.2, 0.25) is 10.0 Å². The Kier molecular flexibility index (Phi) is 5.02. The molecule has 1 aliphatic rings. The number of hydrogen-bond acceptors (Lipinski definition) is 3. The molecule has 0 unspecified atom stereocenters. The normalized spacial score (nSPS) is 13.6. The molecule has 0 saturated carbocycles. The molecule has 0 atom stereocenters. The zero-order valence-electron chi connectivity index (χ0n) is 15.4. The van der Waals surface area contributed by atoms with E-state index in [1.807, 2.05) is 48.0 Å². The van der Waals surface area contributed by atoms with Gasteiger partial charge in [-0.1, -0.05) is 29.3 Å². The number of ether oxygens (including phenoxy) is 1. The van der Waals surface area contributed by atoms with Crippen molar-refractivity contribution in [2.24, 2.45) is 0 Å². The number of nitrogens with one attached hydrogen (secondary N) is 1. The van der Waals surface area contributed by atoms with Crippen LogP contribution in [0, 0.1) is 6.92 Å². The van der Waals surface area contributed by atoms with Gasteiger partial charge in [-0.2, -0.15) is 5.10 Å². The van der Waals surface area contributed by atoms with E-state index in [9.17, 15) is 0 Å². The van der Waals surface area contributed by atoms with Crippen LogP contribution < -0.4 is 10.1 Å². The van der Waals surface area contributed by atoms with Gasteiger partial charge in [0, 0.05) is 27.7 Å². The van der Waals surface area contributed by atoms with Crippen LogP contribution >= 0.6 is 23.2 Å². The Hall–Kier alpha value is -2.17. The molecule has 0 bridgehead atoms. The first-order valence-corrected chi connectivity index (χ1v) is 9.81. The third-order valence-electron chi connectivity index (χ3n) is 5.01. The Balaban J connectivity index is 1.98. The van der Waals surface area contributed by atoms with Gasteiger partial charge in [0.1, 0.15) is 17.3 Å². The first-order valence-electron chi connectivity index (χ1n) is 9.05. The smallest absolute Gasteiger partial charge is 0.133 e. The van der Waals surface area contributed by atoms with E-state index < -0.39 is 0 Å². The summed E-state index contributed by atoms with van der Waals surface area (Å²) in [5, 5.41) is 9.94. The summed E-state index contributed by atoms with van der Waals surface area (Å²) in [6.45, 7) is 2.94. The van der Waals surface area contributed by atoms with Crippen molar-refractivity contribution in [2.45, 2.75) is 26.2 Å². The van der Waals surface area contributed by atoms with Gasteiger partial charge in [-0.05, 0) is 62.1 Å². The second kappa shape index (κ2) is 7.45. The summed E-state index contributed by atoms with van der Waals surface area (Å²) in [6, 6.07) is 11.5. The van der Waals surface area contributed by atoms with E-state index in [0.717, 1.165) is 64.9 Å². The minimum atomic E-state index is 0.662.